The molecule has 1 aromatic carbocycles. The number of nitrogens with zero attached hydrogens (tertiary/aromatic N) is 3. The normalized spacial score (nSPS) is 20.0. The van der Waals surface area contributed by atoms with Gasteiger partial charge in [-0.25, -0.2) is 0 Å². The predicted octanol–water partition coefficient (Wildman–Crippen LogP) is 0.996. The number of aromatic hydroxyl groups is 1. The van der Waals surface area contributed by atoms with Crippen LogP contribution in [0.2, 0.25) is 0 Å². The summed E-state index contributed by atoms with van der Waals surface area (Å²) >= 11 is 0. The lowest BCUT2D eigenvalue weighted by Gasteiger charge is -2.43. The third-order valence-corrected chi connectivity index (χ3v) is 6.61. The quantitative estimate of drug-likeness (QED) is 0.589. The number of phenols is 1. The Kier molecular flexibility index (Phi) is 7.91. The minimum Gasteiger partial charge on any atom is -0.507 e. The third kappa shape index (κ3) is 6.18. The SMILES string of the molecule is Cc1cc(C[C@@H](O)C(=O)N2CCC(N3CCN(CCC(=O)O)CC3)CC2)cc(C)c1O. The van der Waals surface area contributed by atoms with Crippen molar-refractivity contribution in [1.29, 1.82) is 0 Å². The van der Waals surface area contributed by atoms with Gasteiger partial charge < -0.3 is 25.1 Å². The number of rotatable bonds is 7. The molecule has 8 heteroatoms. The molecule has 0 bridgehead atoms. The Bertz CT molecular complexity index is 760. The number of likely N-dealkylation sites (tertiary alicyclic amines) is 1. The van der Waals surface area contributed by atoms with E-state index in [0.29, 0.717) is 25.7 Å². The highest BCUT2D eigenvalue weighted by Crippen LogP contribution is 2.24. The Hall–Kier alpha value is -2.16. The molecule has 0 unspecified atom stereocenters. The minimum absolute atomic E-state index is 0.187. The van der Waals surface area contributed by atoms with Gasteiger partial charge in [-0.05, 0) is 43.4 Å². The number of aryl methyl sites for hydroxylation is 2. The molecular formula is C23H35N3O5. The van der Waals surface area contributed by atoms with Gasteiger partial charge in [0.25, 0.3) is 5.91 Å². The second kappa shape index (κ2) is 10.4. The van der Waals surface area contributed by atoms with Gasteiger partial charge in [0.2, 0.25) is 0 Å². The zero-order valence-corrected chi connectivity index (χ0v) is 18.6. The lowest BCUT2D eigenvalue weighted by atomic mass is 9.99. The molecule has 2 fully saturated rings. The Morgan fingerprint density at radius 2 is 1.61 bits per heavy atom. The molecule has 0 aromatic heterocycles. The Morgan fingerprint density at radius 1 is 1.03 bits per heavy atom. The van der Waals surface area contributed by atoms with Gasteiger partial charge in [-0.3, -0.25) is 14.5 Å². The first kappa shape index (κ1) is 23.5. The molecule has 0 radical (unpaired) electrons. The maximum Gasteiger partial charge on any atom is 0.304 e. The van der Waals surface area contributed by atoms with E-state index in [1.807, 2.05) is 26.0 Å². The first-order valence-corrected chi connectivity index (χ1v) is 11.2. The van der Waals surface area contributed by atoms with E-state index in [-0.39, 0.29) is 24.5 Å². The van der Waals surface area contributed by atoms with Gasteiger partial charge in [-0.1, -0.05) is 12.1 Å². The van der Waals surface area contributed by atoms with Crippen LogP contribution in [0, 0.1) is 13.8 Å². The largest absolute Gasteiger partial charge is 0.507 e. The van der Waals surface area contributed by atoms with Gasteiger partial charge in [0.1, 0.15) is 11.9 Å². The number of aliphatic hydroxyl groups excluding tert-OH is 1. The topological polar surface area (TPSA) is 105 Å². The van der Waals surface area contributed by atoms with Gasteiger partial charge in [0, 0.05) is 58.3 Å². The van der Waals surface area contributed by atoms with Crippen molar-refractivity contribution in [2.75, 3.05) is 45.8 Å². The average molecular weight is 434 g/mol. The van der Waals surface area contributed by atoms with Gasteiger partial charge in [-0.15, -0.1) is 0 Å². The molecule has 8 nitrogen and oxygen atoms in total. The zero-order valence-electron chi connectivity index (χ0n) is 18.6. The highest BCUT2D eigenvalue weighted by molar-refractivity contribution is 5.81. The second-order valence-corrected chi connectivity index (χ2v) is 8.88. The number of carbonyl (C=O) groups excluding carboxylic acids is 1. The molecule has 1 amide bonds. The van der Waals surface area contributed by atoms with Crippen molar-refractivity contribution >= 4 is 11.9 Å². The first-order chi connectivity index (χ1) is 14.7. The number of aliphatic hydroxyl groups is 1. The Balaban J connectivity index is 1.44. The summed E-state index contributed by atoms with van der Waals surface area (Å²) in [6.07, 6.45) is 1.15. The van der Waals surface area contributed by atoms with Crippen molar-refractivity contribution in [3.8, 4) is 5.75 Å². The minimum atomic E-state index is -1.07. The maximum atomic E-state index is 12.8. The lowest BCUT2D eigenvalue weighted by molar-refractivity contribution is -0.142. The van der Waals surface area contributed by atoms with E-state index in [4.69, 9.17) is 5.11 Å². The van der Waals surface area contributed by atoms with Crippen LogP contribution in [0.3, 0.4) is 0 Å². The van der Waals surface area contributed by atoms with Crippen LogP contribution in [0.4, 0.5) is 0 Å². The fraction of sp³-hybridized carbons (Fsp3) is 0.652. The Labute approximate surface area is 184 Å². The number of piperidine rings is 1. The molecule has 1 aromatic rings. The van der Waals surface area contributed by atoms with Gasteiger partial charge in [0.05, 0.1) is 6.42 Å². The van der Waals surface area contributed by atoms with Crippen LogP contribution in [0.1, 0.15) is 36.0 Å². The van der Waals surface area contributed by atoms with E-state index < -0.39 is 12.1 Å². The number of phenolic OH excluding ortho intramolecular Hbond substituents is 1. The average Bonchev–Trinajstić information content (AvgIpc) is 2.76. The molecule has 1 atom stereocenters. The van der Waals surface area contributed by atoms with E-state index in [2.05, 4.69) is 9.80 Å². The number of hydrogen-bond acceptors (Lipinski definition) is 6. The predicted molar refractivity (Wildman–Crippen MR) is 117 cm³/mol. The molecule has 0 aliphatic carbocycles. The molecule has 2 heterocycles. The number of piperazine rings is 1. The number of hydrogen-bond donors (Lipinski definition) is 3. The van der Waals surface area contributed by atoms with Gasteiger partial charge in [0.15, 0.2) is 0 Å². The standard InChI is InChI=1S/C23H35N3O5/c1-16-13-18(14-17(2)22(16)30)15-20(27)23(31)26-7-3-19(4-8-26)25-11-9-24(10-12-25)6-5-21(28)29/h13-14,19-20,27,30H,3-12,15H2,1-2H3,(H,28,29)/t20-/m1/s1. The van der Waals surface area contributed by atoms with Crippen molar-refractivity contribution < 1.29 is 24.9 Å². The number of benzene rings is 1. The summed E-state index contributed by atoms with van der Waals surface area (Å²) in [5, 5.41) is 29.2. The van der Waals surface area contributed by atoms with Gasteiger partial charge in [-0.2, -0.15) is 0 Å². The fourth-order valence-electron chi connectivity index (χ4n) is 4.74. The van der Waals surface area contributed by atoms with E-state index in [1.165, 1.54) is 0 Å². The fourth-order valence-corrected chi connectivity index (χ4v) is 4.74. The molecular weight excluding hydrogens is 398 g/mol. The third-order valence-electron chi connectivity index (χ3n) is 6.61. The first-order valence-electron chi connectivity index (χ1n) is 11.2. The summed E-state index contributed by atoms with van der Waals surface area (Å²) in [6, 6.07) is 4.08. The lowest BCUT2D eigenvalue weighted by Crippen LogP contribution is -2.54. The molecule has 2 aliphatic heterocycles. The molecule has 0 saturated carbocycles. The van der Waals surface area contributed by atoms with Crippen molar-refractivity contribution in [2.45, 2.75) is 51.7 Å². The van der Waals surface area contributed by atoms with Crippen LogP contribution in [-0.2, 0) is 16.0 Å². The van der Waals surface area contributed by atoms with E-state index in [9.17, 15) is 19.8 Å². The molecule has 2 saturated heterocycles. The summed E-state index contributed by atoms with van der Waals surface area (Å²) in [5.74, 6) is -0.716. The van der Waals surface area contributed by atoms with Crippen LogP contribution in [-0.4, -0.2) is 99.9 Å². The van der Waals surface area contributed by atoms with E-state index in [0.717, 1.165) is 55.7 Å². The van der Waals surface area contributed by atoms with Crippen molar-refractivity contribution in [3.63, 3.8) is 0 Å². The summed E-state index contributed by atoms with van der Waals surface area (Å²) < 4.78 is 0. The van der Waals surface area contributed by atoms with Crippen molar-refractivity contribution in [2.24, 2.45) is 0 Å². The number of carboxylic acids is 1. The number of amides is 1. The highest BCUT2D eigenvalue weighted by Gasteiger charge is 2.31. The maximum absolute atomic E-state index is 12.8. The van der Waals surface area contributed by atoms with Crippen LogP contribution in [0.25, 0.3) is 0 Å². The monoisotopic (exact) mass is 433 g/mol. The summed E-state index contributed by atoms with van der Waals surface area (Å²) in [6.45, 7) is 9.16. The highest BCUT2D eigenvalue weighted by atomic mass is 16.4. The van der Waals surface area contributed by atoms with Gasteiger partial charge >= 0.3 is 5.97 Å². The molecule has 31 heavy (non-hydrogen) atoms. The zero-order chi connectivity index (χ0) is 22.5. The van der Waals surface area contributed by atoms with E-state index in [1.54, 1.807) is 4.90 Å². The molecule has 2 aliphatic rings. The molecule has 0 spiro atoms. The summed E-state index contributed by atoms with van der Waals surface area (Å²) in [5.41, 5.74) is 2.35. The summed E-state index contributed by atoms with van der Waals surface area (Å²) in [7, 11) is 0. The van der Waals surface area contributed by atoms with Crippen molar-refractivity contribution in [3.05, 3.63) is 28.8 Å². The van der Waals surface area contributed by atoms with Crippen LogP contribution >= 0.6 is 0 Å². The molecule has 3 rings (SSSR count). The molecule has 172 valence electrons. The van der Waals surface area contributed by atoms with Crippen LogP contribution in [0.5, 0.6) is 5.75 Å². The Morgan fingerprint density at radius 3 is 2.16 bits per heavy atom. The number of carboxylic acid groups (broad SMARTS) is 1. The number of carbonyl (C=O) groups is 2. The van der Waals surface area contributed by atoms with Crippen LogP contribution in [0.15, 0.2) is 12.1 Å². The van der Waals surface area contributed by atoms with E-state index >= 15 is 0 Å². The number of aliphatic carboxylic acids is 1. The second-order valence-electron chi connectivity index (χ2n) is 8.88. The van der Waals surface area contributed by atoms with Crippen LogP contribution < -0.4 is 0 Å². The van der Waals surface area contributed by atoms with Crippen molar-refractivity contribution in [1.82, 2.24) is 14.7 Å². The summed E-state index contributed by atoms with van der Waals surface area (Å²) in [4.78, 5) is 29.9. The molecule has 3 N–H and O–H groups in total. The smallest absolute Gasteiger partial charge is 0.304 e.